The molecule has 0 radical (unpaired) electrons. The van der Waals surface area contributed by atoms with Crippen LogP contribution in [-0.2, 0) is 31.1 Å². The number of piperidine rings is 1. The summed E-state index contributed by atoms with van der Waals surface area (Å²) in [6.07, 6.45) is 4.61. The molecule has 1 aromatic carbocycles. The third-order valence-corrected chi connectivity index (χ3v) is 7.65. The van der Waals surface area contributed by atoms with Crippen molar-refractivity contribution in [1.82, 2.24) is 20.1 Å². The maximum atomic E-state index is 13.0. The second-order valence-electron chi connectivity index (χ2n) is 9.65. The number of likely N-dealkylation sites (tertiary alicyclic amines) is 1. The van der Waals surface area contributed by atoms with Crippen LogP contribution in [0.15, 0.2) is 48.8 Å². The van der Waals surface area contributed by atoms with E-state index in [1.807, 2.05) is 36.1 Å². The Balaban J connectivity index is 1.39. The van der Waals surface area contributed by atoms with E-state index in [0.29, 0.717) is 52.1 Å². The first kappa shape index (κ1) is 24.2. The van der Waals surface area contributed by atoms with Gasteiger partial charge in [0.15, 0.2) is 0 Å². The number of ether oxygens (including phenoxy) is 2. The first-order valence-electron chi connectivity index (χ1n) is 12.6. The van der Waals surface area contributed by atoms with Gasteiger partial charge in [-0.25, -0.2) is 4.79 Å². The maximum Gasteiger partial charge on any atom is 0.410 e. The smallest absolute Gasteiger partial charge is 0.410 e. The van der Waals surface area contributed by atoms with Crippen molar-refractivity contribution in [3.63, 3.8) is 0 Å². The topological polar surface area (TPSA) is 101 Å². The number of rotatable bonds is 7. The van der Waals surface area contributed by atoms with Gasteiger partial charge < -0.3 is 19.7 Å². The molecule has 2 fully saturated rings. The normalized spacial score (nSPS) is 22.4. The summed E-state index contributed by atoms with van der Waals surface area (Å²) >= 11 is 0. The molecule has 9 nitrogen and oxygen atoms in total. The van der Waals surface area contributed by atoms with Crippen LogP contribution in [0.2, 0.25) is 0 Å². The van der Waals surface area contributed by atoms with Crippen molar-refractivity contribution >= 4 is 17.9 Å². The fourth-order valence-electron chi connectivity index (χ4n) is 5.75. The predicted molar refractivity (Wildman–Crippen MR) is 131 cm³/mol. The molecule has 2 saturated heterocycles. The zero-order valence-corrected chi connectivity index (χ0v) is 20.5. The number of fused-ring (bicyclic) bond motifs is 2. The number of carbonyl (C=O) groups excluding carboxylic acids is 3. The number of hydrogen-bond acceptors (Lipinski definition) is 6. The molecule has 0 saturated carbocycles. The molecule has 190 valence electrons. The van der Waals surface area contributed by atoms with Gasteiger partial charge in [-0.3, -0.25) is 19.5 Å². The Hall–Kier alpha value is -3.46. The van der Waals surface area contributed by atoms with Crippen molar-refractivity contribution in [3.05, 3.63) is 65.5 Å². The molecule has 2 atom stereocenters. The van der Waals surface area contributed by atoms with E-state index in [4.69, 9.17) is 9.47 Å². The number of pyridine rings is 1. The number of aromatic nitrogens is 1. The fourth-order valence-corrected chi connectivity index (χ4v) is 5.75. The molecule has 0 bridgehead atoms. The summed E-state index contributed by atoms with van der Waals surface area (Å²) in [5.74, 6) is -0.0920. The summed E-state index contributed by atoms with van der Waals surface area (Å²) in [5.41, 5.74) is 2.88. The SMILES string of the molecule is CCC(=O)N[C@@H]1c2ccccc2C2(CCN(C(=O)CN3CCOC3=O)CC2)[C@H]1OCc1cccnc1. The molecule has 2 aromatic rings. The van der Waals surface area contributed by atoms with Crippen LogP contribution in [0.25, 0.3) is 0 Å². The molecule has 9 heteroatoms. The highest BCUT2D eigenvalue weighted by molar-refractivity contribution is 5.83. The van der Waals surface area contributed by atoms with Crippen LogP contribution < -0.4 is 5.32 Å². The summed E-state index contributed by atoms with van der Waals surface area (Å²) in [6.45, 7) is 4.14. The van der Waals surface area contributed by atoms with Gasteiger partial charge in [0.2, 0.25) is 11.8 Å². The number of nitrogens with one attached hydrogen (secondary N) is 1. The van der Waals surface area contributed by atoms with E-state index >= 15 is 0 Å². The number of benzene rings is 1. The number of amides is 3. The van der Waals surface area contributed by atoms with E-state index in [1.54, 1.807) is 12.4 Å². The summed E-state index contributed by atoms with van der Waals surface area (Å²) < 4.78 is 11.6. The summed E-state index contributed by atoms with van der Waals surface area (Å²) in [5, 5.41) is 3.21. The highest BCUT2D eigenvalue weighted by Crippen LogP contribution is 2.52. The monoisotopic (exact) mass is 492 g/mol. The first-order chi connectivity index (χ1) is 17.5. The van der Waals surface area contributed by atoms with Crippen LogP contribution in [0.3, 0.4) is 0 Å². The lowest BCUT2D eigenvalue weighted by Crippen LogP contribution is -2.53. The van der Waals surface area contributed by atoms with Crippen molar-refractivity contribution in [2.24, 2.45) is 0 Å². The number of cyclic esters (lactones) is 1. The number of carbonyl (C=O) groups is 3. The molecule has 2 aliphatic heterocycles. The standard InChI is InChI=1S/C27H32N4O5/c1-2-22(32)29-24-20-7-3-4-8-21(20)27(25(24)36-18-19-6-5-11-28-16-19)9-12-30(13-10-27)23(33)17-31-14-15-35-26(31)34/h3-8,11,16,24-25H,2,9-10,12-15,17-18H2,1H3,(H,29,32)/t24-,25+/m1/s1. The summed E-state index contributed by atoms with van der Waals surface area (Å²) in [6, 6.07) is 11.8. The Kier molecular flexibility index (Phi) is 6.91. The molecule has 1 aliphatic carbocycles. The van der Waals surface area contributed by atoms with Gasteiger partial charge in [0.25, 0.3) is 0 Å². The van der Waals surface area contributed by atoms with E-state index < -0.39 is 6.09 Å². The Bertz CT molecular complexity index is 1120. The molecule has 3 aliphatic rings. The van der Waals surface area contributed by atoms with E-state index in [0.717, 1.165) is 11.1 Å². The number of nitrogens with zero attached hydrogens (tertiary/aromatic N) is 3. The molecular formula is C27H32N4O5. The molecule has 36 heavy (non-hydrogen) atoms. The van der Waals surface area contributed by atoms with E-state index in [2.05, 4.69) is 22.4 Å². The molecule has 1 aromatic heterocycles. The zero-order chi connectivity index (χ0) is 25.1. The highest BCUT2D eigenvalue weighted by atomic mass is 16.6. The van der Waals surface area contributed by atoms with Crippen LogP contribution in [0.1, 0.15) is 48.9 Å². The second kappa shape index (κ2) is 10.3. The van der Waals surface area contributed by atoms with Crippen LogP contribution in [-0.4, -0.2) is 71.6 Å². The van der Waals surface area contributed by atoms with Gasteiger partial charge in [0.05, 0.1) is 25.3 Å². The Morgan fingerprint density at radius 2 is 1.97 bits per heavy atom. The molecule has 1 spiro atoms. The third kappa shape index (κ3) is 4.55. The molecule has 5 rings (SSSR count). The van der Waals surface area contributed by atoms with Crippen LogP contribution >= 0.6 is 0 Å². The highest BCUT2D eigenvalue weighted by Gasteiger charge is 2.54. The van der Waals surface area contributed by atoms with Crippen molar-refractivity contribution < 1.29 is 23.9 Å². The van der Waals surface area contributed by atoms with Crippen molar-refractivity contribution in [3.8, 4) is 0 Å². The average Bonchev–Trinajstić information content (AvgIpc) is 3.42. The fraction of sp³-hybridized carbons (Fsp3) is 0.481. The molecule has 1 N–H and O–H groups in total. The number of hydrogen-bond donors (Lipinski definition) is 1. The Labute approximate surface area is 210 Å². The van der Waals surface area contributed by atoms with E-state index in [9.17, 15) is 14.4 Å². The minimum absolute atomic E-state index is 0.0213. The van der Waals surface area contributed by atoms with Gasteiger partial charge in [0, 0.05) is 37.3 Å². The lowest BCUT2D eigenvalue weighted by molar-refractivity contribution is -0.135. The van der Waals surface area contributed by atoms with Gasteiger partial charge >= 0.3 is 6.09 Å². The van der Waals surface area contributed by atoms with Gasteiger partial charge in [-0.05, 0) is 35.6 Å². The van der Waals surface area contributed by atoms with Gasteiger partial charge in [-0.2, -0.15) is 0 Å². The third-order valence-electron chi connectivity index (χ3n) is 7.65. The maximum absolute atomic E-state index is 13.0. The van der Waals surface area contributed by atoms with Crippen LogP contribution in [0, 0.1) is 0 Å². The minimum Gasteiger partial charge on any atom is -0.448 e. The van der Waals surface area contributed by atoms with Gasteiger partial charge in [0.1, 0.15) is 13.2 Å². The second-order valence-corrected chi connectivity index (χ2v) is 9.65. The molecule has 0 unspecified atom stereocenters. The predicted octanol–water partition coefficient (Wildman–Crippen LogP) is 2.56. The van der Waals surface area contributed by atoms with Crippen molar-refractivity contribution in [2.45, 2.75) is 50.4 Å². The average molecular weight is 493 g/mol. The van der Waals surface area contributed by atoms with E-state index in [1.165, 1.54) is 10.5 Å². The zero-order valence-electron chi connectivity index (χ0n) is 20.5. The quantitative estimate of drug-likeness (QED) is 0.638. The van der Waals surface area contributed by atoms with Crippen molar-refractivity contribution in [2.75, 3.05) is 32.8 Å². The van der Waals surface area contributed by atoms with Gasteiger partial charge in [-0.15, -0.1) is 0 Å². The van der Waals surface area contributed by atoms with Crippen molar-refractivity contribution in [1.29, 1.82) is 0 Å². The molecule has 3 heterocycles. The molecular weight excluding hydrogens is 460 g/mol. The summed E-state index contributed by atoms with van der Waals surface area (Å²) in [7, 11) is 0. The lowest BCUT2D eigenvalue weighted by Gasteiger charge is -2.44. The minimum atomic E-state index is -0.431. The first-order valence-corrected chi connectivity index (χ1v) is 12.6. The van der Waals surface area contributed by atoms with Gasteiger partial charge in [-0.1, -0.05) is 37.3 Å². The Morgan fingerprint density at radius 3 is 2.67 bits per heavy atom. The van der Waals surface area contributed by atoms with E-state index in [-0.39, 0.29) is 35.9 Å². The van der Waals surface area contributed by atoms with Crippen LogP contribution in [0.5, 0.6) is 0 Å². The van der Waals surface area contributed by atoms with Crippen LogP contribution in [0.4, 0.5) is 4.79 Å². The lowest BCUT2D eigenvalue weighted by atomic mass is 9.71. The largest absolute Gasteiger partial charge is 0.448 e. The Morgan fingerprint density at radius 1 is 1.17 bits per heavy atom. The summed E-state index contributed by atoms with van der Waals surface area (Å²) in [4.78, 5) is 44.8. The molecule has 3 amide bonds.